The molecule has 2 rings (SSSR count). The van der Waals surface area contributed by atoms with E-state index in [0.717, 1.165) is 12.3 Å². The zero-order valence-electron chi connectivity index (χ0n) is 17.4. The molecule has 1 aromatic heterocycles. The Kier molecular flexibility index (Phi) is 11.1. The molecule has 0 fully saturated rings. The lowest BCUT2D eigenvalue weighted by Crippen LogP contribution is -2.43. The molecule has 0 spiro atoms. The van der Waals surface area contributed by atoms with E-state index < -0.39 is 11.9 Å². The Balaban J connectivity index is 0.00000480. The number of nitrogens with zero attached hydrogens (tertiary/aromatic N) is 3. The first kappa shape index (κ1) is 26.5. The van der Waals surface area contributed by atoms with Gasteiger partial charge in [-0.05, 0) is 25.1 Å². The SMILES string of the molecule is CN=C(NCCNc1nccc(C(F)(F)F)n1)NCC(C)Oc1ccccc1OC.I. The topological polar surface area (TPSA) is 92.7 Å². The lowest BCUT2D eigenvalue weighted by Gasteiger charge is -2.19. The lowest BCUT2D eigenvalue weighted by molar-refractivity contribution is -0.141. The van der Waals surface area contributed by atoms with E-state index in [1.54, 1.807) is 14.2 Å². The Morgan fingerprint density at radius 3 is 2.48 bits per heavy atom. The summed E-state index contributed by atoms with van der Waals surface area (Å²) >= 11 is 0. The average Bonchev–Trinajstić information content (AvgIpc) is 2.73. The molecule has 0 aliphatic heterocycles. The van der Waals surface area contributed by atoms with Crippen LogP contribution in [0.5, 0.6) is 11.5 Å². The van der Waals surface area contributed by atoms with Crippen LogP contribution < -0.4 is 25.4 Å². The van der Waals surface area contributed by atoms with Gasteiger partial charge in [0.2, 0.25) is 5.95 Å². The van der Waals surface area contributed by atoms with Gasteiger partial charge in [0.1, 0.15) is 11.8 Å². The molecule has 0 saturated carbocycles. The lowest BCUT2D eigenvalue weighted by atomic mass is 10.3. The first-order chi connectivity index (χ1) is 14.3. The van der Waals surface area contributed by atoms with Crippen molar-refractivity contribution in [1.82, 2.24) is 20.6 Å². The third kappa shape index (κ3) is 9.02. The van der Waals surface area contributed by atoms with Crippen LogP contribution in [-0.4, -0.2) is 55.8 Å². The van der Waals surface area contributed by atoms with Crippen molar-refractivity contribution in [3.63, 3.8) is 0 Å². The smallest absolute Gasteiger partial charge is 0.433 e. The molecule has 3 N–H and O–H groups in total. The van der Waals surface area contributed by atoms with E-state index in [2.05, 4.69) is 30.9 Å². The van der Waals surface area contributed by atoms with Crippen LogP contribution in [0.25, 0.3) is 0 Å². The third-order valence-corrected chi connectivity index (χ3v) is 3.82. The number of guanidine groups is 1. The number of anilines is 1. The molecule has 1 unspecified atom stereocenters. The van der Waals surface area contributed by atoms with Crippen LogP contribution in [0.3, 0.4) is 0 Å². The summed E-state index contributed by atoms with van der Waals surface area (Å²) in [4.78, 5) is 11.3. The Bertz CT molecular complexity index is 838. The van der Waals surface area contributed by atoms with Crippen LogP contribution in [0.4, 0.5) is 19.1 Å². The highest BCUT2D eigenvalue weighted by molar-refractivity contribution is 14.0. The van der Waals surface area contributed by atoms with Crippen LogP contribution in [-0.2, 0) is 6.18 Å². The van der Waals surface area contributed by atoms with Gasteiger partial charge in [-0.3, -0.25) is 4.99 Å². The predicted octanol–water partition coefficient (Wildman–Crippen LogP) is 3.17. The van der Waals surface area contributed by atoms with Crippen LogP contribution in [0.15, 0.2) is 41.5 Å². The van der Waals surface area contributed by atoms with E-state index in [1.165, 1.54) is 0 Å². The molecule has 2 aromatic rings. The highest BCUT2D eigenvalue weighted by Gasteiger charge is 2.32. The van der Waals surface area contributed by atoms with Gasteiger partial charge in [-0.1, -0.05) is 12.1 Å². The van der Waals surface area contributed by atoms with E-state index in [9.17, 15) is 13.2 Å². The number of hydrogen-bond acceptors (Lipinski definition) is 6. The van der Waals surface area contributed by atoms with Gasteiger partial charge in [-0.25, -0.2) is 9.97 Å². The molecule has 12 heteroatoms. The van der Waals surface area contributed by atoms with Gasteiger partial charge in [-0.2, -0.15) is 13.2 Å². The average molecular weight is 554 g/mol. The molecule has 0 aliphatic carbocycles. The van der Waals surface area contributed by atoms with Crippen molar-refractivity contribution in [2.24, 2.45) is 4.99 Å². The van der Waals surface area contributed by atoms with Gasteiger partial charge in [0.25, 0.3) is 0 Å². The molecular weight excluding hydrogens is 528 g/mol. The minimum Gasteiger partial charge on any atom is -0.493 e. The molecule has 0 amide bonds. The third-order valence-electron chi connectivity index (χ3n) is 3.82. The van der Waals surface area contributed by atoms with Crippen LogP contribution in [0.1, 0.15) is 12.6 Å². The summed E-state index contributed by atoms with van der Waals surface area (Å²) in [6.07, 6.45) is -3.61. The number of aromatic nitrogens is 2. The second-order valence-electron chi connectivity index (χ2n) is 6.15. The van der Waals surface area contributed by atoms with Gasteiger partial charge in [0.15, 0.2) is 17.5 Å². The number of para-hydroxylation sites is 2. The van der Waals surface area contributed by atoms with E-state index in [4.69, 9.17) is 9.47 Å². The second kappa shape index (κ2) is 13.0. The quantitative estimate of drug-likeness (QED) is 0.190. The molecule has 1 heterocycles. The number of nitrogens with one attached hydrogen (secondary N) is 3. The Morgan fingerprint density at radius 2 is 1.84 bits per heavy atom. The molecule has 1 atom stereocenters. The van der Waals surface area contributed by atoms with Crippen molar-refractivity contribution >= 4 is 35.9 Å². The molecule has 0 aliphatic rings. The van der Waals surface area contributed by atoms with E-state index in [0.29, 0.717) is 37.1 Å². The summed E-state index contributed by atoms with van der Waals surface area (Å²) in [6.45, 7) is 3.07. The summed E-state index contributed by atoms with van der Waals surface area (Å²) in [6, 6.07) is 8.18. The van der Waals surface area contributed by atoms with Crippen LogP contribution in [0, 0.1) is 0 Å². The monoisotopic (exact) mass is 554 g/mol. The van der Waals surface area contributed by atoms with E-state index >= 15 is 0 Å². The standard InChI is InChI=1S/C19H25F3N6O2.HI/c1-13(30-15-7-5-4-6-14(15)29-3)12-27-17(23-2)25-10-11-26-18-24-9-8-16(28-18)19(20,21)22;/h4-9,13H,10-12H2,1-3H3,(H2,23,25,27)(H,24,26,28);1H. The fourth-order valence-corrected chi connectivity index (χ4v) is 2.39. The predicted molar refractivity (Wildman–Crippen MR) is 123 cm³/mol. The van der Waals surface area contributed by atoms with Crippen molar-refractivity contribution in [2.75, 3.05) is 39.1 Å². The summed E-state index contributed by atoms with van der Waals surface area (Å²) in [5, 5.41) is 8.91. The first-order valence-corrected chi connectivity index (χ1v) is 9.21. The molecule has 31 heavy (non-hydrogen) atoms. The Labute approximate surface area is 196 Å². The van der Waals surface area contributed by atoms with Gasteiger partial charge in [0, 0.05) is 26.3 Å². The summed E-state index contributed by atoms with van der Waals surface area (Å²) < 4.78 is 49.1. The highest BCUT2D eigenvalue weighted by atomic mass is 127. The molecule has 172 valence electrons. The van der Waals surface area contributed by atoms with Crippen molar-refractivity contribution < 1.29 is 22.6 Å². The first-order valence-electron chi connectivity index (χ1n) is 9.21. The molecule has 8 nitrogen and oxygen atoms in total. The number of benzene rings is 1. The number of alkyl halides is 3. The second-order valence-corrected chi connectivity index (χ2v) is 6.15. The molecule has 1 aromatic carbocycles. The van der Waals surface area contributed by atoms with Crippen molar-refractivity contribution in [2.45, 2.75) is 19.2 Å². The van der Waals surface area contributed by atoms with Crippen LogP contribution in [0.2, 0.25) is 0 Å². The van der Waals surface area contributed by atoms with Gasteiger partial charge < -0.3 is 25.4 Å². The summed E-state index contributed by atoms with van der Waals surface area (Å²) in [5.74, 6) is 1.72. The maximum Gasteiger partial charge on any atom is 0.433 e. The van der Waals surface area contributed by atoms with Gasteiger partial charge in [-0.15, -0.1) is 24.0 Å². The number of aliphatic imine (C=N–C) groups is 1. The van der Waals surface area contributed by atoms with Crippen molar-refractivity contribution in [3.05, 3.63) is 42.2 Å². The summed E-state index contributed by atoms with van der Waals surface area (Å²) in [7, 11) is 3.19. The maximum atomic E-state index is 12.7. The minimum absolute atomic E-state index is 0. The van der Waals surface area contributed by atoms with Crippen molar-refractivity contribution in [1.29, 1.82) is 0 Å². The van der Waals surface area contributed by atoms with Crippen LogP contribution >= 0.6 is 24.0 Å². The zero-order chi connectivity index (χ0) is 22.0. The fourth-order valence-electron chi connectivity index (χ4n) is 2.39. The Morgan fingerprint density at radius 1 is 1.13 bits per heavy atom. The summed E-state index contributed by atoms with van der Waals surface area (Å²) in [5.41, 5.74) is -0.991. The fraction of sp³-hybridized carbons (Fsp3) is 0.421. The molecule has 0 bridgehead atoms. The largest absolute Gasteiger partial charge is 0.493 e. The number of rotatable bonds is 9. The van der Waals surface area contributed by atoms with E-state index in [1.807, 2.05) is 31.2 Å². The normalized spacial score (nSPS) is 12.4. The van der Waals surface area contributed by atoms with Gasteiger partial charge in [0.05, 0.1) is 13.7 Å². The number of halogens is 4. The maximum absolute atomic E-state index is 12.7. The van der Waals surface area contributed by atoms with Crippen molar-refractivity contribution in [3.8, 4) is 11.5 Å². The highest BCUT2D eigenvalue weighted by Crippen LogP contribution is 2.27. The Hall–Kier alpha value is -2.51. The molecule has 0 radical (unpaired) electrons. The zero-order valence-corrected chi connectivity index (χ0v) is 19.7. The molecule has 0 saturated heterocycles. The minimum atomic E-state index is -4.51. The number of hydrogen-bond donors (Lipinski definition) is 3. The number of ether oxygens (including phenoxy) is 2. The van der Waals surface area contributed by atoms with Gasteiger partial charge >= 0.3 is 6.18 Å². The van der Waals surface area contributed by atoms with E-state index in [-0.39, 0.29) is 36.0 Å². The molecular formula is C19H26F3IN6O2. The number of methoxy groups -OCH3 is 1.